The zero-order chi connectivity index (χ0) is 15.8. The Hall–Kier alpha value is -1.88. The van der Waals surface area contributed by atoms with Crippen LogP contribution in [0.3, 0.4) is 0 Å². The molecule has 120 valence electrons. The number of nitrogens with one attached hydrogen (secondary N) is 2. The molecule has 2 amide bonds. The summed E-state index contributed by atoms with van der Waals surface area (Å²) in [5.41, 5.74) is 1.31. The fourth-order valence-electron chi connectivity index (χ4n) is 2.77. The summed E-state index contributed by atoms with van der Waals surface area (Å²) < 4.78 is 0. The molecule has 1 aliphatic rings. The van der Waals surface area contributed by atoms with E-state index in [9.17, 15) is 9.59 Å². The summed E-state index contributed by atoms with van der Waals surface area (Å²) in [6, 6.07) is 10.3. The smallest absolute Gasteiger partial charge is 0.275 e. The minimum atomic E-state index is 0.110. The first-order valence-electron chi connectivity index (χ1n) is 8.05. The molecule has 5 heteroatoms. The Morgan fingerprint density at radius 1 is 1.18 bits per heavy atom. The molecule has 1 fully saturated rings. The third-order valence-corrected chi connectivity index (χ3v) is 4.13. The third kappa shape index (κ3) is 5.48. The zero-order valence-corrected chi connectivity index (χ0v) is 13.3. The van der Waals surface area contributed by atoms with Gasteiger partial charge in [0.15, 0.2) is 6.54 Å². The maximum absolute atomic E-state index is 11.9. The van der Waals surface area contributed by atoms with Crippen LogP contribution in [-0.4, -0.2) is 56.0 Å². The van der Waals surface area contributed by atoms with Gasteiger partial charge in [-0.25, -0.2) is 0 Å². The molecule has 1 saturated heterocycles. The number of amides is 2. The van der Waals surface area contributed by atoms with E-state index in [-0.39, 0.29) is 11.8 Å². The van der Waals surface area contributed by atoms with E-state index in [1.165, 1.54) is 10.5 Å². The number of hydrogen-bond donors (Lipinski definition) is 2. The van der Waals surface area contributed by atoms with Gasteiger partial charge in [0.1, 0.15) is 0 Å². The van der Waals surface area contributed by atoms with Gasteiger partial charge in [-0.3, -0.25) is 9.59 Å². The van der Waals surface area contributed by atoms with Crippen molar-refractivity contribution in [3.63, 3.8) is 0 Å². The number of hydrogen-bond acceptors (Lipinski definition) is 2. The van der Waals surface area contributed by atoms with Crippen molar-refractivity contribution in [3.05, 3.63) is 35.9 Å². The maximum atomic E-state index is 11.9. The Balaban J connectivity index is 1.57. The monoisotopic (exact) mass is 304 g/mol. The lowest BCUT2D eigenvalue weighted by Gasteiger charge is -2.31. The number of quaternary nitrogens is 1. The first-order chi connectivity index (χ1) is 10.6. The van der Waals surface area contributed by atoms with Gasteiger partial charge in [0.2, 0.25) is 5.91 Å². The van der Waals surface area contributed by atoms with Gasteiger partial charge in [-0.1, -0.05) is 30.3 Å². The van der Waals surface area contributed by atoms with Crippen LogP contribution in [0.2, 0.25) is 0 Å². The second-order valence-corrected chi connectivity index (χ2v) is 5.87. The lowest BCUT2D eigenvalue weighted by molar-refractivity contribution is -0.896. The molecule has 0 atom stereocenters. The van der Waals surface area contributed by atoms with Crippen molar-refractivity contribution in [1.29, 1.82) is 0 Å². The van der Waals surface area contributed by atoms with Gasteiger partial charge in [0, 0.05) is 13.5 Å². The second-order valence-electron chi connectivity index (χ2n) is 5.87. The van der Waals surface area contributed by atoms with E-state index in [1.807, 2.05) is 23.1 Å². The fourth-order valence-corrected chi connectivity index (χ4v) is 2.77. The molecule has 0 aromatic heterocycles. The van der Waals surface area contributed by atoms with Gasteiger partial charge in [0.05, 0.1) is 26.2 Å². The van der Waals surface area contributed by atoms with Crippen molar-refractivity contribution in [3.8, 4) is 0 Å². The molecule has 0 saturated carbocycles. The topological polar surface area (TPSA) is 53.9 Å². The van der Waals surface area contributed by atoms with E-state index >= 15 is 0 Å². The molecule has 2 rings (SSSR count). The lowest BCUT2D eigenvalue weighted by Crippen LogP contribution is -3.15. The molecule has 2 N–H and O–H groups in total. The lowest BCUT2D eigenvalue weighted by atomic mass is 10.1. The maximum Gasteiger partial charge on any atom is 0.275 e. The summed E-state index contributed by atoms with van der Waals surface area (Å²) in [5, 5.41) is 2.99. The van der Waals surface area contributed by atoms with Crippen LogP contribution in [0.5, 0.6) is 0 Å². The molecule has 1 aromatic carbocycles. The second kappa shape index (κ2) is 8.54. The number of nitrogens with zero attached hydrogens (tertiary/aromatic N) is 1. The average molecular weight is 304 g/mol. The Kier molecular flexibility index (Phi) is 6.40. The Morgan fingerprint density at radius 3 is 2.50 bits per heavy atom. The summed E-state index contributed by atoms with van der Waals surface area (Å²) in [4.78, 5) is 26.3. The van der Waals surface area contributed by atoms with Crippen molar-refractivity contribution < 1.29 is 14.5 Å². The van der Waals surface area contributed by atoms with Crippen LogP contribution in [0.25, 0.3) is 0 Å². The molecule has 0 bridgehead atoms. The molecule has 0 spiro atoms. The van der Waals surface area contributed by atoms with E-state index in [4.69, 9.17) is 0 Å². The van der Waals surface area contributed by atoms with Crippen LogP contribution in [0.4, 0.5) is 0 Å². The molecule has 0 radical (unpaired) electrons. The minimum absolute atomic E-state index is 0.110. The quantitative estimate of drug-likeness (QED) is 0.695. The summed E-state index contributed by atoms with van der Waals surface area (Å²) in [6.07, 6.45) is 1.95. The van der Waals surface area contributed by atoms with Crippen LogP contribution in [0.15, 0.2) is 30.3 Å². The van der Waals surface area contributed by atoms with Gasteiger partial charge in [-0.2, -0.15) is 0 Å². The van der Waals surface area contributed by atoms with Crippen molar-refractivity contribution in [2.45, 2.75) is 19.8 Å². The van der Waals surface area contributed by atoms with E-state index in [1.54, 1.807) is 6.92 Å². The van der Waals surface area contributed by atoms with E-state index < -0.39 is 0 Å². The standard InChI is InChI=1S/C17H25N3O2/c1-15(21)20-12-10-19(11-13-20)14-17(22)18-9-5-8-16-6-3-2-4-7-16/h2-4,6-7H,5,8-14H2,1H3,(H,18,22)/p+1. The Morgan fingerprint density at radius 2 is 1.86 bits per heavy atom. The first kappa shape index (κ1) is 16.5. The Bertz CT molecular complexity index is 482. The molecule has 1 heterocycles. The SMILES string of the molecule is CC(=O)N1CC[NH+](CC(=O)NCCCc2ccccc2)CC1. The number of benzene rings is 1. The van der Waals surface area contributed by atoms with Gasteiger partial charge < -0.3 is 15.1 Å². The first-order valence-corrected chi connectivity index (χ1v) is 8.05. The molecule has 22 heavy (non-hydrogen) atoms. The van der Waals surface area contributed by atoms with Gasteiger partial charge in [-0.15, -0.1) is 0 Å². The summed E-state index contributed by atoms with van der Waals surface area (Å²) in [6.45, 7) is 6.06. The molecule has 1 aromatic rings. The molecular weight excluding hydrogens is 278 g/mol. The van der Waals surface area contributed by atoms with Crippen molar-refractivity contribution >= 4 is 11.8 Å². The number of carbonyl (C=O) groups excluding carboxylic acids is 2. The summed E-state index contributed by atoms with van der Waals surface area (Å²) in [7, 11) is 0. The average Bonchev–Trinajstić information content (AvgIpc) is 2.53. The van der Waals surface area contributed by atoms with E-state index in [0.29, 0.717) is 6.54 Å². The number of rotatable bonds is 6. The van der Waals surface area contributed by atoms with Crippen molar-refractivity contribution in [1.82, 2.24) is 10.2 Å². The van der Waals surface area contributed by atoms with Gasteiger partial charge in [0.25, 0.3) is 5.91 Å². The van der Waals surface area contributed by atoms with Crippen LogP contribution >= 0.6 is 0 Å². The minimum Gasteiger partial charge on any atom is -0.351 e. The van der Waals surface area contributed by atoms with Crippen LogP contribution in [-0.2, 0) is 16.0 Å². The Labute approximate surface area is 132 Å². The third-order valence-electron chi connectivity index (χ3n) is 4.13. The van der Waals surface area contributed by atoms with Crippen LogP contribution in [0.1, 0.15) is 18.9 Å². The van der Waals surface area contributed by atoms with E-state index in [2.05, 4.69) is 17.4 Å². The predicted octanol–water partition coefficient (Wildman–Crippen LogP) is -0.518. The van der Waals surface area contributed by atoms with E-state index in [0.717, 1.165) is 45.6 Å². The van der Waals surface area contributed by atoms with Gasteiger partial charge in [-0.05, 0) is 18.4 Å². The zero-order valence-electron chi connectivity index (χ0n) is 13.3. The summed E-state index contributed by atoms with van der Waals surface area (Å²) in [5.74, 6) is 0.240. The summed E-state index contributed by atoms with van der Waals surface area (Å²) >= 11 is 0. The van der Waals surface area contributed by atoms with Gasteiger partial charge >= 0.3 is 0 Å². The normalized spacial score (nSPS) is 15.6. The highest BCUT2D eigenvalue weighted by molar-refractivity contribution is 5.76. The largest absolute Gasteiger partial charge is 0.351 e. The molecule has 5 nitrogen and oxygen atoms in total. The number of piperazine rings is 1. The molecule has 0 aliphatic carbocycles. The van der Waals surface area contributed by atoms with Crippen molar-refractivity contribution in [2.24, 2.45) is 0 Å². The molecule has 1 aliphatic heterocycles. The molecule has 0 unspecified atom stereocenters. The highest BCUT2D eigenvalue weighted by Gasteiger charge is 2.22. The highest BCUT2D eigenvalue weighted by Crippen LogP contribution is 2.01. The predicted molar refractivity (Wildman–Crippen MR) is 85.6 cm³/mol. The van der Waals surface area contributed by atoms with Crippen molar-refractivity contribution in [2.75, 3.05) is 39.3 Å². The van der Waals surface area contributed by atoms with Crippen LogP contribution in [0, 0.1) is 0 Å². The highest BCUT2D eigenvalue weighted by atomic mass is 16.2. The van der Waals surface area contributed by atoms with Crippen LogP contribution < -0.4 is 10.2 Å². The fraction of sp³-hybridized carbons (Fsp3) is 0.529. The molecular formula is C17H26N3O2+. The number of carbonyl (C=O) groups is 2. The number of aryl methyl sites for hydroxylation is 1.